The lowest BCUT2D eigenvalue weighted by Gasteiger charge is -2.10. The van der Waals surface area contributed by atoms with Crippen molar-refractivity contribution < 1.29 is 12.8 Å². The first kappa shape index (κ1) is 14.7. The van der Waals surface area contributed by atoms with Crippen molar-refractivity contribution in [2.45, 2.75) is 11.8 Å². The molecule has 0 amide bonds. The Kier molecular flexibility index (Phi) is 3.96. The molecule has 5 nitrogen and oxygen atoms in total. The number of anilines is 2. The number of hydrogen-bond donors (Lipinski definition) is 2. The molecule has 0 atom stereocenters. The molecule has 0 fully saturated rings. The number of nitrogen functional groups attached to an aromatic ring is 1. The number of aryl methyl sites for hydroxylation is 1. The molecule has 0 saturated heterocycles. The lowest BCUT2D eigenvalue weighted by molar-refractivity contribution is 0.570. The average Bonchev–Trinajstić information content (AvgIpc) is 2.36. The third kappa shape index (κ3) is 3.07. The molecule has 20 heavy (non-hydrogen) atoms. The van der Waals surface area contributed by atoms with Gasteiger partial charge in [-0.05, 0) is 52.7 Å². The maximum Gasteiger partial charge on any atom is 0.264 e. The summed E-state index contributed by atoms with van der Waals surface area (Å²) in [5.41, 5.74) is 6.54. The molecular formula is C12H11BrFN3O2S. The zero-order chi connectivity index (χ0) is 14.9. The third-order valence-electron chi connectivity index (χ3n) is 2.59. The summed E-state index contributed by atoms with van der Waals surface area (Å²) in [6, 6.07) is 5.25. The SMILES string of the molecule is Cc1cc(F)c(S(=O)(=O)Nc2ccc(Br)nc2)cc1N. The topological polar surface area (TPSA) is 85.1 Å². The minimum Gasteiger partial charge on any atom is -0.398 e. The van der Waals surface area contributed by atoms with Crippen LogP contribution in [-0.2, 0) is 10.0 Å². The highest BCUT2D eigenvalue weighted by molar-refractivity contribution is 9.10. The molecule has 1 heterocycles. The van der Waals surface area contributed by atoms with Gasteiger partial charge in [-0.2, -0.15) is 0 Å². The predicted molar refractivity (Wildman–Crippen MR) is 78.3 cm³/mol. The zero-order valence-electron chi connectivity index (χ0n) is 10.4. The quantitative estimate of drug-likeness (QED) is 0.651. The number of hydrogen-bond acceptors (Lipinski definition) is 4. The first-order valence-electron chi connectivity index (χ1n) is 5.49. The van der Waals surface area contributed by atoms with Crippen LogP contribution in [0.1, 0.15) is 5.56 Å². The van der Waals surface area contributed by atoms with E-state index >= 15 is 0 Å². The van der Waals surface area contributed by atoms with E-state index in [1.54, 1.807) is 13.0 Å². The molecule has 1 aromatic carbocycles. The van der Waals surface area contributed by atoms with E-state index in [0.29, 0.717) is 10.2 Å². The Morgan fingerprint density at radius 2 is 2.05 bits per heavy atom. The van der Waals surface area contributed by atoms with Gasteiger partial charge in [-0.15, -0.1) is 0 Å². The first-order valence-corrected chi connectivity index (χ1v) is 7.77. The summed E-state index contributed by atoms with van der Waals surface area (Å²) in [4.78, 5) is 3.39. The Labute approximate surface area is 124 Å². The molecule has 0 bridgehead atoms. The van der Waals surface area contributed by atoms with E-state index in [1.165, 1.54) is 12.3 Å². The van der Waals surface area contributed by atoms with Gasteiger partial charge in [0.05, 0.1) is 11.9 Å². The molecule has 0 aliphatic heterocycles. The van der Waals surface area contributed by atoms with Crippen molar-refractivity contribution in [3.8, 4) is 0 Å². The van der Waals surface area contributed by atoms with Crippen molar-refractivity contribution in [2.75, 3.05) is 10.5 Å². The van der Waals surface area contributed by atoms with Crippen molar-refractivity contribution in [3.05, 3.63) is 46.4 Å². The van der Waals surface area contributed by atoms with Gasteiger partial charge in [0, 0.05) is 5.69 Å². The van der Waals surface area contributed by atoms with Crippen LogP contribution in [0.15, 0.2) is 40.0 Å². The molecule has 0 aliphatic rings. The summed E-state index contributed by atoms with van der Waals surface area (Å²) in [5, 5.41) is 0. The molecule has 0 aliphatic carbocycles. The molecule has 0 radical (unpaired) electrons. The lowest BCUT2D eigenvalue weighted by Crippen LogP contribution is -2.15. The van der Waals surface area contributed by atoms with E-state index < -0.39 is 20.7 Å². The smallest absolute Gasteiger partial charge is 0.264 e. The van der Waals surface area contributed by atoms with E-state index in [-0.39, 0.29) is 11.4 Å². The van der Waals surface area contributed by atoms with Crippen LogP contribution in [0.4, 0.5) is 15.8 Å². The molecule has 3 N–H and O–H groups in total. The Hall–Kier alpha value is -1.67. The van der Waals surface area contributed by atoms with Gasteiger partial charge in [0.2, 0.25) is 0 Å². The number of aromatic nitrogens is 1. The zero-order valence-corrected chi connectivity index (χ0v) is 12.8. The number of nitrogens with two attached hydrogens (primary N) is 1. The van der Waals surface area contributed by atoms with Crippen LogP contribution in [0.2, 0.25) is 0 Å². The van der Waals surface area contributed by atoms with Crippen LogP contribution in [0.3, 0.4) is 0 Å². The maximum atomic E-state index is 13.8. The average molecular weight is 360 g/mol. The van der Waals surface area contributed by atoms with Gasteiger partial charge in [0.25, 0.3) is 10.0 Å². The van der Waals surface area contributed by atoms with E-state index in [4.69, 9.17) is 5.73 Å². The van der Waals surface area contributed by atoms with Crippen molar-refractivity contribution >= 4 is 37.3 Å². The minimum absolute atomic E-state index is 0.209. The Morgan fingerprint density at radius 3 is 2.65 bits per heavy atom. The second-order valence-corrected chi connectivity index (χ2v) is 6.58. The highest BCUT2D eigenvalue weighted by Crippen LogP contribution is 2.23. The molecule has 0 unspecified atom stereocenters. The third-order valence-corrected chi connectivity index (χ3v) is 4.46. The van der Waals surface area contributed by atoms with Gasteiger partial charge in [-0.1, -0.05) is 0 Å². The van der Waals surface area contributed by atoms with Crippen LogP contribution in [0.5, 0.6) is 0 Å². The Balaban J connectivity index is 2.40. The van der Waals surface area contributed by atoms with Crippen LogP contribution in [0, 0.1) is 12.7 Å². The highest BCUT2D eigenvalue weighted by atomic mass is 79.9. The number of benzene rings is 1. The van der Waals surface area contributed by atoms with E-state index in [1.807, 2.05) is 0 Å². The summed E-state index contributed by atoms with van der Waals surface area (Å²) in [6.07, 6.45) is 1.32. The summed E-state index contributed by atoms with van der Waals surface area (Å²) in [7, 11) is -4.06. The molecule has 106 valence electrons. The molecular weight excluding hydrogens is 349 g/mol. The molecule has 8 heteroatoms. The van der Waals surface area contributed by atoms with Gasteiger partial charge in [-0.3, -0.25) is 4.72 Å². The van der Waals surface area contributed by atoms with Gasteiger partial charge in [0.15, 0.2) is 0 Å². The second-order valence-electron chi connectivity index (χ2n) is 4.11. The van der Waals surface area contributed by atoms with Crippen LogP contribution in [0.25, 0.3) is 0 Å². The van der Waals surface area contributed by atoms with Crippen LogP contribution < -0.4 is 10.5 Å². The first-order chi connectivity index (χ1) is 9.29. The fourth-order valence-corrected chi connectivity index (χ4v) is 2.89. The van der Waals surface area contributed by atoms with Crippen LogP contribution in [-0.4, -0.2) is 13.4 Å². The largest absolute Gasteiger partial charge is 0.398 e. The summed E-state index contributed by atoms with van der Waals surface area (Å²) >= 11 is 3.13. The molecule has 0 spiro atoms. The number of rotatable bonds is 3. The van der Waals surface area contributed by atoms with Crippen molar-refractivity contribution in [2.24, 2.45) is 0 Å². The van der Waals surface area contributed by atoms with Crippen molar-refractivity contribution in [1.82, 2.24) is 4.98 Å². The molecule has 1 aromatic heterocycles. The number of halogens is 2. The van der Waals surface area contributed by atoms with Gasteiger partial charge >= 0.3 is 0 Å². The van der Waals surface area contributed by atoms with Crippen LogP contribution >= 0.6 is 15.9 Å². The maximum absolute atomic E-state index is 13.8. The Bertz CT molecular complexity index is 748. The second kappa shape index (κ2) is 5.37. The summed E-state index contributed by atoms with van der Waals surface area (Å²) < 4.78 is 40.8. The van der Waals surface area contributed by atoms with Crippen molar-refractivity contribution in [3.63, 3.8) is 0 Å². The van der Waals surface area contributed by atoms with Crippen molar-refractivity contribution in [1.29, 1.82) is 0 Å². The fraction of sp³-hybridized carbons (Fsp3) is 0.0833. The molecule has 2 rings (SSSR count). The minimum atomic E-state index is -4.06. The predicted octanol–water partition coefficient (Wildman–Crippen LogP) is 2.67. The molecule has 0 saturated carbocycles. The van der Waals surface area contributed by atoms with E-state index in [9.17, 15) is 12.8 Å². The van der Waals surface area contributed by atoms with E-state index in [0.717, 1.165) is 12.1 Å². The number of pyridine rings is 1. The van der Waals surface area contributed by atoms with Gasteiger partial charge in [-0.25, -0.2) is 17.8 Å². The monoisotopic (exact) mass is 359 g/mol. The fourth-order valence-electron chi connectivity index (χ4n) is 1.52. The summed E-state index contributed by atoms with van der Waals surface area (Å²) in [6.45, 7) is 1.60. The molecule has 2 aromatic rings. The standard InChI is InChI=1S/C12H11BrFN3O2S/c1-7-4-9(14)11(5-10(7)15)20(18,19)17-8-2-3-12(13)16-6-8/h2-6,17H,15H2,1H3. The van der Waals surface area contributed by atoms with E-state index in [2.05, 4.69) is 25.6 Å². The highest BCUT2D eigenvalue weighted by Gasteiger charge is 2.20. The normalized spacial score (nSPS) is 11.3. The lowest BCUT2D eigenvalue weighted by atomic mass is 10.2. The number of nitrogens with one attached hydrogen (secondary N) is 1. The summed E-state index contributed by atoms with van der Waals surface area (Å²) in [5.74, 6) is -0.853. The number of sulfonamides is 1. The Morgan fingerprint density at radius 1 is 1.35 bits per heavy atom. The van der Waals surface area contributed by atoms with Gasteiger partial charge < -0.3 is 5.73 Å². The van der Waals surface area contributed by atoms with Gasteiger partial charge in [0.1, 0.15) is 15.3 Å². The number of nitrogens with zero attached hydrogens (tertiary/aromatic N) is 1.